The molecule has 2 unspecified atom stereocenters. The van der Waals surface area contributed by atoms with E-state index >= 15 is 0 Å². The smallest absolute Gasteiger partial charge is 0.00358 e. The highest BCUT2D eigenvalue weighted by Gasteiger charge is 2.44. The van der Waals surface area contributed by atoms with Crippen molar-refractivity contribution < 1.29 is 0 Å². The van der Waals surface area contributed by atoms with Crippen molar-refractivity contribution >= 4 is 0 Å². The molecule has 0 amide bonds. The van der Waals surface area contributed by atoms with Crippen LogP contribution in [0.2, 0.25) is 0 Å². The van der Waals surface area contributed by atoms with Crippen molar-refractivity contribution in [1.82, 2.24) is 0 Å². The number of fused-ring (bicyclic) bond motifs is 1. The zero-order valence-corrected chi connectivity index (χ0v) is 12.0. The minimum atomic E-state index is 0.686. The van der Waals surface area contributed by atoms with Crippen LogP contribution in [0.5, 0.6) is 0 Å². The molecular formula is C18H28. The van der Waals surface area contributed by atoms with Gasteiger partial charge in [0.15, 0.2) is 0 Å². The first-order valence-electron chi connectivity index (χ1n) is 8.06. The van der Waals surface area contributed by atoms with Gasteiger partial charge in [0, 0.05) is 5.92 Å². The number of rotatable bonds is 1. The fraction of sp³-hybridized carbons (Fsp3) is 0.778. The number of hydrogen-bond donors (Lipinski definition) is 0. The summed E-state index contributed by atoms with van der Waals surface area (Å²) in [5.41, 5.74) is 3.15. The molecule has 0 bridgehead atoms. The van der Waals surface area contributed by atoms with E-state index in [1.165, 1.54) is 51.4 Å². The lowest BCUT2D eigenvalue weighted by molar-refractivity contribution is 0.253. The molecule has 3 rings (SSSR count). The molecule has 0 aromatic rings. The van der Waals surface area contributed by atoms with Crippen LogP contribution in [0.25, 0.3) is 0 Å². The fourth-order valence-corrected chi connectivity index (χ4v) is 4.94. The van der Waals surface area contributed by atoms with Crippen LogP contribution >= 0.6 is 0 Å². The van der Waals surface area contributed by atoms with E-state index in [1.54, 1.807) is 11.1 Å². The van der Waals surface area contributed by atoms with Gasteiger partial charge in [0.2, 0.25) is 0 Å². The molecule has 100 valence electrons. The van der Waals surface area contributed by atoms with E-state index in [9.17, 15) is 0 Å². The van der Waals surface area contributed by atoms with Gasteiger partial charge in [0.1, 0.15) is 0 Å². The van der Waals surface area contributed by atoms with Crippen molar-refractivity contribution in [1.29, 1.82) is 0 Å². The van der Waals surface area contributed by atoms with Gasteiger partial charge < -0.3 is 0 Å². The lowest BCUT2D eigenvalue weighted by Crippen LogP contribution is -2.21. The maximum Gasteiger partial charge on any atom is 0.00358 e. The Morgan fingerprint density at radius 2 is 1.28 bits per heavy atom. The zero-order chi connectivity index (χ0) is 12.7. The standard InChI is InChI=1S/C18H28/c1-12-8-10-15(11-9-12)18-13(2)16-6-4-5-7-17(16)14(18)3/h12,15-18H,2-11H2,1H3. The summed E-state index contributed by atoms with van der Waals surface area (Å²) in [6, 6.07) is 0. The van der Waals surface area contributed by atoms with Crippen molar-refractivity contribution in [3.63, 3.8) is 0 Å². The molecule has 0 saturated heterocycles. The van der Waals surface area contributed by atoms with Crippen LogP contribution in [0.3, 0.4) is 0 Å². The van der Waals surface area contributed by atoms with E-state index in [4.69, 9.17) is 0 Å². The van der Waals surface area contributed by atoms with E-state index in [1.807, 2.05) is 0 Å². The van der Waals surface area contributed by atoms with Gasteiger partial charge in [-0.15, -0.1) is 0 Å². The summed E-state index contributed by atoms with van der Waals surface area (Å²) in [4.78, 5) is 0. The summed E-state index contributed by atoms with van der Waals surface area (Å²) in [6.45, 7) is 11.4. The largest absolute Gasteiger partial charge is 0.0989 e. The van der Waals surface area contributed by atoms with Gasteiger partial charge in [0.05, 0.1) is 0 Å². The Morgan fingerprint density at radius 1 is 0.778 bits per heavy atom. The van der Waals surface area contributed by atoms with Crippen LogP contribution in [-0.4, -0.2) is 0 Å². The minimum absolute atomic E-state index is 0.686. The van der Waals surface area contributed by atoms with Gasteiger partial charge in [-0.3, -0.25) is 0 Å². The van der Waals surface area contributed by atoms with Crippen LogP contribution < -0.4 is 0 Å². The summed E-state index contributed by atoms with van der Waals surface area (Å²) in [5, 5.41) is 0. The van der Waals surface area contributed by atoms with E-state index in [2.05, 4.69) is 20.1 Å². The van der Waals surface area contributed by atoms with Gasteiger partial charge in [-0.1, -0.05) is 56.9 Å². The Kier molecular flexibility index (Phi) is 3.38. The zero-order valence-electron chi connectivity index (χ0n) is 12.0. The van der Waals surface area contributed by atoms with Gasteiger partial charge in [-0.05, 0) is 49.4 Å². The summed E-state index contributed by atoms with van der Waals surface area (Å²) in [7, 11) is 0. The van der Waals surface area contributed by atoms with Crippen molar-refractivity contribution in [2.24, 2.45) is 29.6 Å². The van der Waals surface area contributed by atoms with Crippen molar-refractivity contribution in [3.05, 3.63) is 24.3 Å². The molecule has 0 heterocycles. The van der Waals surface area contributed by atoms with Gasteiger partial charge in [-0.25, -0.2) is 0 Å². The van der Waals surface area contributed by atoms with Crippen molar-refractivity contribution in [3.8, 4) is 0 Å². The molecule has 18 heavy (non-hydrogen) atoms. The van der Waals surface area contributed by atoms with E-state index in [0.29, 0.717) is 5.92 Å². The maximum absolute atomic E-state index is 4.50. The van der Waals surface area contributed by atoms with Crippen LogP contribution in [0, 0.1) is 29.6 Å². The van der Waals surface area contributed by atoms with Crippen LogP contribution in [0.1, 0.15) is 58.3 Å². The lowest BCUT2D eigenvalue weighted by atomic mass is 9.73. The monoisotopic (exact) mass is 244 g/mol. The predicted molar refractivity (Wildman–Crippen MR) is 78.3 cm³/mol. The Hall–Kier alpha value is -0.520. The molecule has 0 aromatic carbocycles. The molecule has 0 nitrogen and oxygen atoms in total. The summed E-state index contributed by atoms with van der Waals surface area (Å²) >= 11 is 0. The highest BCUT2D eigenvalue weighted by atomic mass is 14.5. The Balaban J connectivity index is 1.76. The summed E-state index contributed by atoms with van der Waals surface area (Å²) in [6.07, 6.45) is 11.3. The fourth-order valence-electron chi connectivity index (χ4n) is 4.94. The van der Waals surface area contributed by atoms with Gasteiger partial charge >= 0.3 is 0 Å². The number of hydrogen-bond acceptors (Lipinski definition) is 0. The van der Waals surface area contributed by atoms with Gasteiger partial charge in [-0.2, -0.15) is 0 Å². The van der Waals surface area contributed by atoms with Crippen LogP contribution in [0.4, 0.5) is 0 Å². The molecule has 0 radical (unpaired) electrons. The van der Waals surface area contributed by atoms with E-state index in [0.717, 1.165) is 23.7 Å². The highest BCUT2D eigenvalue weighted by molar-refractivity contribution is 5.33. The first kappa shape index (κ1) is 12.5. The molecule has 3 fully saturated rings. The summed E-state index contributed by atoms with van der Waals surface area (Å²) in [5.74, 6) is 4.12. The van der Waals surface area contributed by atoms with Gasteiger partial charge in [0.25, 0.3) is 0 Å². The topological polar surface area (TPSA) is 0 Å². The lowest BCUT2D eigenvalue weighted by Gasteiger charge is -2.32. The Labute approximate surface area is 113 Å². The van der Waals surface area contributed by atoms with Crippen molar-refractivity contribution in [2.75, 3.05) is 0 Å². The molecule has 0 N–H and O–H groups in total. The van der Waals surface area contributed by atoms with Crippen molar-refractivity contribution in [2.45, 2.75) is 58.3 Å². The number of allylic oxidation sites excluding steroid dienone is 2. The average molecular weight is 244 g/mol. The SMILES string of the molecule is C=C1C2CCCCC2C(=C)C1C1CCC(C)CC1. The normalized spacial score (nSPS) is 45.1. The molecule has 0 aliphatic heterocycles. The highest BCUT2D eigenvalue weighted by Crippen LogP contribution is 2.55. The second-order valence-corrected chi connectivity index (χ2v) is 7.14. The quantitative estimate of drug-likeness (QED) is 0.545. The van der Waals surface area contributed by atoms with E-state index in [-0.39, 0.29) is 0 Å². The predicted octanol–water partition coefficient (Wildman–Crippen LogP) is 5.36. The molecule has 3 aliphatic rings. The Morgan fingerprint density at radius 3 is 1.78 bits per heavy atom. The third-order valence-corrected chi connectivity index (χ3v) is 6.05. The van der Waals surface area contributed by atoms with E-state index < -0.39 is 0 Å². The second kappa shape index (κ2) is 4.87. The molecule has 3 saturated carbocycles. The molecule has 3 aliphatic carbocycles. The first-order valence-corrected chi connectivity index (χ1v) is 8.06. The van der Waals surface area contributed by atoms with Crippen LogP contribution in [0.15, 0.2) is 24.3 Å². The second-order valence-electron chi connectivity index (χ2n) is 7.14. The summed E-state index contributed by atoms with van der Waals surface area (Å²) < 4.78 is 0. The molecule has 0 heteroatoms. The first-order chi connectivity index (χ1) is 8.68. The third kappa shape index (κ3) is 1.98. The molecule has 0 aromatic heterocycles. The average Bonchev–Trinajstić information content (AvgIpc) is 2.64. The maximum atomic E-state index is 4.50. The molecule has 2 atom stereocenters. The van der Waals surface area contributed by atoms with Crippen LogP contribution in [-0.2, 0) is 0 Å². The molecule has 0 spiro atoms. The third-order valence-electron chi connectivity index (χ3n) is 6.05. The molecular weight excluding hydrogens is 216 g/mol. The Bertz CT molecular complexity index is 319. The minimum Gasteiger partial charge on any atom is -0.0989 e.